The maximum absolute atomic E-state index is 5.10. The first-order valence-corrected chi connectivity index (χ1v) is 6.76. The second-order valence-electron chi connectivity index (χ2n) is 5.20. The average Bonchev–Trinajstić information content (AvgIpc) is 3.17. The van der Waals surface area contributed by atoms with Crippen LogP contribution in [0, 0.1) is 0 Å². The lowest BCUT2D eigenvalue weighted by molar-refractivity contribution is 0.178. The van der Waals surface area contributed by atoms with Crippen LogP contribution in [-0.4, -0.2) is 63.3 Å². The summed E-state index contributed by atoms with van der Waals surface area (Å²) in [4.78, 5) is 6.67. The number of hydrogen-bond acceptors (Lipinski definition) is 3. The summed E-state index contributed by atoms with van der Waals surface area (Å²) in [6.07, 6.45) is 2.69. The Morgan fingerprint density at radius 3 is 2.53 bits per heavy atom. The first kappa shape index (κ1) is 18.9. The van der Waals surface area contributed by atoms with Crippen LogP contribution in [-0.2, 0) is 4.74 Å². The second-order valence-corrected chi connectivity index (χ2v) is 5.20. The highest BCUT2D eigenvalue weighted by Gasteiger charge is 2.28. The van der Waals surface area contributed by atoms with Crippen LogP contribution in [0.25, 0.3) is 0 Å². The summed E-state index contributed by atoms with van der Waals surface area (Å²) in [5.41, 5.74) is 0. The number of methoxy groups -OCH3 is 1. The molecule has 0 radical (unpaired) electrons. The second kappa shape index (κ2) is 9.77. The molecule has 0 aromatic heterocycles. The van der Waals surface area contributed by atoms with E-state index in [0.29, 0.717) is 12.6 Å². The zero-order valence-electron chi connectivity index (χ0n) is 12.8. The van der Waals surface area contributed by atoms with Gasteiger partial charge in [-0.1, -0.05) is 0 Å². The average molecular weight is 384 g/mol. The van der Waals surface area contributed by atoms with Crippen molar-refractivity contribution in [1.82, 2.24) is 15.5 Å². The van der Waals surface area contributed by atoms with Gasteiger partial charge in [0.15, 0.2) is 5.96 Å². The van der Waals surface area contributed by atoms with Gasteiger partial charge in [-0.05, 0) is 33.7 Å². The Labute approximate surface area is 134 Å². The molecule has 19 heavy (non-hydrogen) atoms. The number of guanidine groups is 1. The largest absolute Gasteiger partial charge is 0.383 e. The quantitative estimate of drug-likeness (QED) is 0.395. The number of aliphatic imine (C=N–C) groups is 1. The highest BCUT2D eigenvalue weighted by atomic mass is 127. The number of likely N-dealkylation sites (N-methyl/N-ethyl adjacent to an activating group) is 1. The Morgan fingerprint density at radius 1 is 1.42 bits per heavy atom. The molecule has 1 saturated carbocycles. The molecule has 1 rings (SSSR count). The summed E-state index contributed by atoms with van der Waals surface area (Å²) in [7, 11) is 5.71. The number of nitrogens with one attached hydrogen (secondary N) is 2. The van der Waals surface area contributed by atoms with Gasteiger partial charge in [-0.25, -0.2) is 0 Å². The summed E-state index contributed by atoms with van der Waals surface area (Å²) in [5, 5.41) is 6.67. The van der Waals surface area contributed by atoms with Crippen molar-refractivity contribution in [3.8, 4) is 0 Å². The summed E-state index contributed by atoms with van der Waals surface area (Å²) in [5.74, 6) is 0.843. The molecule has 0 amide bonds. The number of nitrogens with zero attached hydrogens (tertiary/aromatic N) is 2. The number of rotatable bonds is 7. The Morgan fingerprint density at radius 2 is 2.05 bits per heavy atom. The van der Waals surface area contributed by atoms with Crippen LogP contribution >= 0.6 is 24.0 Å². The third-order valence-corrected chi connectivity index (χ3v) is 3.41. The van der Waals surface area contributed by atoms with E-state index >= 15 is 0 Å². The van der Waals surface area contributed by atoms with Gasteiger partial charge < -0.3 is 15.4 Å². The van der Waals surface area contributed by atoms with Gasteiger partial charge in [-0.3, -0.25) is 9.89 Å². The van der Waals surface area contributed by atoms with Gasteiger partial charge in [0.05, 0.1) is 6.61 Å². The molecule has 2 N–H and O–H groups in total. The molecular formula is C13H29IN4O. The lowest BCUT2D eigenvalue weighted by Gasteiger charge is -2.26. The van der Waals surface area contributed by atoms with Crippen LogP contribution in [0.3, 0.4) is 0 Å². The van der Waals surface area contributed by atoms with E-state index in [2.05, 4.69) is 41.4 Å². The van der Waals surface area contributed by atoms with Crippen molar-refractivity contribution < 1.29 is 4.74 Å². The van der Waals surface area contributed by atoms with Gasteiger partial charge in [0, 0.05) is 38.8 Å². The number of halogens is 1. The molecule has 0 spiro atoms. The van der Waals surface area contributed by atoms with Crippen LogP contribution in [0.5, 0.6) is 0 Å². The highest BCUT2D eigenvalue weighted by Crippen LogP contribution is 2.26. The van der Waals surface area contributed by atoms with E-state index in [-0.39, 0.29) is 30.0 Å². The van der Waals surface area contributed by atoms with Gasteiger partial charge in [0.25, 0.3) is 0 Å². The highest BCUT2D eigenvalue weighted by molar-refractivity contribution is 14.0. The number of hydrogen-bond donors (Lipinski definition) is 2. The number of ether oxygens (including phenoxy) is 1. The molecule has 1 aliphatic carbocycles. The first-order chi connectivity index (χ1) is 8.58. The lowest BCUT2D eigenvalue weighted by Crippen LogP contribution is -2.48. The molecule has 114 valence electrons. The van der Waals surface area contributed by atoms with Crippen molar-refractivity contribution in [2.24, 2.45) is 4.99 Å². The van der Waals surface area contributed by atoms with Crippen LogP contribution in [0.2, 0.25) is 0 Å². The maximum atomic E-state index is 5.10. The molecular weight excluding hydrogens is 355 g/mol. The molecule has 6 heteroatoms. The van der Waals surface area contributed by atoms with E-state index < -0.39 is 0 Å². The normalized spacial score (nSPS) is 18.7. The van der Waals surface area contributed by atoms with Gasteiger partial charge in [0.2, 0.25) is 0 Å². The molecule has 1 fully saturated rings. The van der Waals surface area contributed by atoms with E-state index in [1.807, 2.05) is 0 Å². The SMILES string of the molecule is CN=C(NCC(C)N(C)C1CC1)NC(C)COC.I. The predicted octanol–water partition coefficient (Wildman–Crippen LogP) is 1.29. The smallest absolute Gasteiger partial charge is 0.191 e. The topological polar surface area (TPSA) is 48.9 Å². The summed E-state index contributed by atoms with van der Waals surface area (Å²) < 4.78 is 5.10. The summed E-state index contributed by atoms with van der Waals surface area (Å²) >= 11 is 0. The fourth-order valence-corrected chi connectivity index (χ4v) is 1.95. The lowest BCUT2D eigenvalue weighted by atomic mass is 10.3. The minimum Gasteiger partial charge on any atom is -0.383 e. The minimum atomic E-state index is 0. The Kier molecular flexibility index (Phi) is 9.72. The summed E-state index contributed by atoms with van der Waals surface area (Å²) in [6.45, 7) is 5.91. The van der Waals surface area contributed by atoms with E-state index in [4.69, 9.17) is 4.74 Å². The van der Waals surface area contributed by atoms with Crippen molar-refractivity contribution in [3.63, 3.8) is 0 Å². The van der Waals surface area contributed by atoms with E-state index in [1.54, 1.807) is 14.2 Å². The third kappa shape index (κ3) is 7.31. The standard InChI is InChI=1S/C13H28N4O.HI/c1-10(9-18-5)16-13(14-3)15-8-11(2)17(4)12-6-7-12;/h10-12H,6-9H2,1-5H3,(H2,14,15,16);1H. The third-order valence-electron chi connectivity index (χ3n) is 3.41. The monoisotopic (exact) mass is 384 g/mol. The van der Waals surface area contributed by atoms with Crippen LogP contribution in [0.1, 0.15) is 26.7 Å². The van der Waals surface area contributed by atoms with Crippen LogP contribution in [0.15, 0.2) is 4.99 Å². The van der Waals surface area contributed by atoms with Crippen molar-refractivity contribution in [2.75, 3.05) is 34.4 Å². The molecule has 0 heterocycles. The fourth-order valence-electron chi connectivity index (χ4n) is 1.95. The first-order valence-electron chi connectivity index (χ1n) is 6.76. The van der Waals surface area contributed by atoms with Crippen molar-refractivity contribution >= 4 is 29.9 Å². The van der Waals surface area contributed by atoms with E-state index in [1.165, 1.54) is 12.8 Å². The van der Waals surface area contributed by atoms with Crippen molar-refractivity contribution in [1.29, 1.82) is 0 Å². The Balaban J connectivity index is 0.00000324. The molecule has 5 nitrogen and oxygen atoms in total. The predicted molar refractivity (Wildman–Crippen MR) is 91.5 cm³/mol. The molecule has 2 atom stereocenters. The van der Waals surface area contributed by atoms with E-state index in [0.717, 1.165) is 18.5 Å². The molecule has 1 aliphatic rings. The minimum absolute atomic E-state index is 0. The fraction of sp³-hybridized carbons (Fsp3) is 0.923. The van der Waals surface area contributed by atoms with E-state index in [9.17, 15) is 0 Å². The molecule has 0 aliphatic heterocycles. The van der Waals surface area contributed by atoms with Gasteiger partial charge in [-0.2, -0.15) is 0 Å². The van der Waals surface area contributed by atoms with Crippen molar-refractivity contribution in [3.05, 3.63) is 0 Å². The molecule has 0 aromatic carbocycles. The molecule has 0 aromatic rings. The van der Waals surface area contributed by atoms with Crippen LogP contribution in [0.4, 0.5) is 0 Å². The summed E-state index contributed by atoms with van der Waals surface area (Å²) in [6, 6.07) is 1.58. The maximum Gasteiger partial charge on any atom is 0.191 e. The zero-order chi connectivity index (χ0) is 13.5. The molecule has 0 bridgehead atoms. The molecule has 2 unspecified atom stereocenters. The van der Waals surface area contributed by atoms with Gasteiger partial charge in [-0.15, -0.1) is 24.0 Å². The Hall–Kier alpha value is -0.0800. The van der Waals surface area contributed by atoms with Crippen molar-refractivity contribution in [2.45, 2.75) is 44.8 Å². The van der Waals surface area contributed by atoms with Gasteiger partial charge in [0.1, 0.15) is 0 Å². The Bertz CT molecular complexity index is 271. The molecule has 0 saturated heterocycles. The zero-order valence-corrected chi connectivity index (χ0v) is 15.1. The van der Waals surface area contributed by atoms with Gasteiger partial charge >= 0.3 is 0 Å². The van der Waals surface area contributed by atoms with Crippen LogP contribution < -0.4 is 10.6 Å².